The van der Waals surface area contributed by atoms with Gasteiger partial charge in [0, 0.05) is 24.6 Å². The fourth-order valence-corrected chi connectivity index (χ4v) is 3.75. The second kappa shape index (κ2) is 7.01. The highest BCUT2D eigenvalue weighted by Gasteiger charge is 2.27. The van der Waals surface area contributed by atoms with Crippen LogP contribution in [-0.2, 0) is 17.8 Å². The first-order valence-corrected chi connectivity index (χ1v) is 9.41. The molecule has 1 aliphatic carbocycles. The lowest BCUT2D eigenvalue weighted by Crippen LogP contribution is -2.13. The molecule has 2 heterocycles. The predicted molar refractivity (Wildman–Crippen MR) is 95.4 cm³/mol. The molecule has 0 bridgehead atoms. The highest BCUT2D eigenvalue weighted by molar-refractivity contribution is 7.15. The van der Waals surface area contributed by atoms with Crippen LogP contribution in [0.3, 0.4) is 0 Å². The number of anilines is 1. The molecule has 130 valence electrons. The monoisotopic (exact) mass is 347 g/mol. The summed E-state index contributed by atoms with van der Waals surface area (Å²) in [6, 6.07) is 0. The van der Waals surface area contributed by atoms with Crippen LogP contribution in [0.15, 0.2) is 0 Å². The summed E-state index contributed by atoms with van der Waals surface area (Å²) >= 11 is 1.50. The van der Waals surface area contributed by atoms with E-state index in [1.54, 1.807) is 0 Å². The largest absolute Gasteiger partial charge is 0.301 e. The van der Waals surface area contributed by atoms with Gasteiger partial charge in [-0.3, -0.25) is 9.48 Å². The van der Waals surface area contributed by atoms with Crippen molar-refractivity contribution in [3.05, 3.63) is 22.0 Å². The lowest BCUT2D eigenvalue weighted by Gasteiger charge is -2.08. The Morgan fingerprint density at radius 1 is 1.33 bits per heavy atom. The summed E-state index contributed by atoms with van der Waals surface area (Å²) in [5.74, 6) is 1.12. The quantitative estimate of drug-likeness (QED) is 0.832. The van der Waals surface area contributed by atoms with Crippen molar-refractivity contribution < 1.29 is 4.79 Å². The van der Waals surface area contributed by atoms with Gasteiger partial charge in [0.15, 0.2) is 0 Å². The lowest BCUT2D eigenvalue weighted by molar-refractivity contribution is -0.116. The number of carbonyl (C=O) groups is 1. The van der Waals surface area contributed by atoms with Gasteiger partial charge < -0.3 is 5.32 Å². The van der Waals surface area contributed by atoms with E-state index in [4.69, 9.17) is 0 Å². The van der Waals surface area contributed by atoms with Gasteiger partial charge >= 0.3 is 0 Å². The minimum Gasteiger partial charge on any atom is -0.301 e. The van der Waals surface area contributed by atoms with Crippen LogP contribution in [0.25, 0.3) is 0 Å². The predicted octanol–water partition coefficient (Wildman–Crippen LogP) is 3.46. The van der Waals surface area contributed by atoms with Crippen molar-refractivity contribution in [3.8, 4) is 0 Å². The smallest absolute Gasteiger partial charge is 0.226 e. The summed E-state index contributed by atoms with van der Waals surface area (Å²) in [5, 5.41) is 17.4. The van der Waals surface area contributed by atoms with E-state index in [0.29, 0.717) is 29.8 Å². The summed E-state index contributed by atoms with van der Waals surface area (Å²) in [6.45, 7) is 9.38. The van der Waals surface area contributed by atoms with Crippen LogP contribution >= 0.6 is 11.3 Å². The van der Waals surface area contributed by atoms with Gasteiger partial charge in [-0.1, -0.05) is 25.2 Å². The molecule has 2 aromatic heterocycles. The van der Waals surface area contributed by atoms with E-state index in [0.717, 1.165) is 17.2 Å². The molecule has 2 aromatic rings. The average molecular weight is 347 g/mol. The van der Waals surface area contributed by atoms with Gasteiger partial charge in [-0.2, -0.15) is 5.10 Å². The maximum absolute atomic E-state index is 12.2. The molecule has 1 fully saturated rings. The van der Waals surface area contributed by atoms with E-state index in [2.05, 4.69) is 46.1 Å². The minimum absolute atomic E-state index is 0.0103. The standard InChI is InChI=1S/C17H25N5OS/c1-10(2)9-22-12(4)14(11(3)21-22)7-8-15(23)18-17-20-19-16(24-17)13-5-6-13/h10,13H,5-9H2,1-4H3,(H,18,20,23). The summed E-state index contributed by atoms with van der Waals surface area (Å²) < 4.78 is 2.06. The Morgan fingerprint density at radius 3 is 2.75 bits per heavy atom. The van der Waals surface area contributed by atoms with E-state index >= 15 is 0 Å². The normalized spacial score (nSPS) is 14.4. The number of aryl methyl sites for hydroxylation is 1. The Bertz CT molecular complexity index is 729. The third-order valence-corrected chi connectivity index (χ3v) is 5.29. The van der Waals surface area contributed by atoms with Crippen LogP contribution in [0.1, 0.15) is 61.0 Å². The zero-order chi connectivity index (χ0) is 17.3. The van der Waals surface area contributed by atoms with Gasteiger partial charge in [0.25, 0.3) is 0 Å². The fraction of sp³-hybridized carbons (Fsp3) is 0.647. The maximum atomic E-state index is 12.2. The molecule has 1 aliphatic rings. The van der Waals surface area contributed by atoms with E-state index in [-0.39, 0.29) is 5.91 Å². The number of rotatable bonds is 7. The number of nitrogens with one attached hydrogen (secondary N) is 1. The molecule has 0 radical (unpaired) electrons. The van der Waals surface area contributed by atoms with E-state index in [1.807, 2.05) is 6.92 Å². The number of nitrogens with zero attached hydrogens (tertiary/aromatic N) is 4. The molecule has 0 spiro atoms. The molecule has 0 aliphatic heterocycles. The third kappa shape index (κ3) is 4.01. The van der Waals surface area contributed by atoms with Gasteiger partial charge in [0.05, 0.1) is 5.69 Å². The molecule has 0 aromatic carbocycles. The Labute approximate surface area is 146 Å². The zero-order valence-corrected chi connectivity index (χ0v) is 15.6. The summed E-state index contributed by atoms with van der Waals surface area (Å²) in [4.78, 5) is 12.2. The molecular weight excluding hydrogens is 322 g/mol. The molecule has 3 rings (SSSR count). The number of aromatic nitrogens is 4. The van der Waals surface area contributed by atoms with Crippen LogP contribution in [-0.4, -0.2) is 25.9 Å². The minimum atomic E-state index is -0.0103. The van der Waals surface area contributed by atoms with E-state index in [1.165, 1.54) is 35.4 Å². The van der Waals surface area contributed by atoms with Crippen molar-refractivity contribution >= 4 is 22.4 Å². The molecule has 7 heteroatoms. The molecule has 6 nitrogen and oxygen atoms in total. The van der Waals surface area contributed by atoms with Gasteiger partial charge in [-0.25, -0.2) is 0 Å². The molecule has 0 saturated heterocycles. The molecule has 1 saturated carbocycles. The highest BCUT2D eigenvalue weighted by Crippen LogP contribution is 2.42. The maximum Gasteiger partial charge on any atom is 0.226 e. The lowest BCUT2D eigenvalue weighted by atomic mass is 10.1. The molecular formula is C17H25N5OS. The molecule has 24 heavy (non-hydrogen) atoms. The van der Waals surface area contributed by atoms with Gasteiger partial charge in [-0.05, 0) is 44.6 Å². The summed E-state index contributed by atoms with van der Waals surface area (Å²) in [7, 11) is 0. The summed E-state index contributed by atoms with van der Waals surface area (Å²) in [5.41, 5.74) is 3.37. The highest BCUT2D eigenvalue weighted by atomic mass is 32.1. The van der Waals surface area contributed by atoms with Crippen molar-refractivity contribution in [2.45, 2.75) is 65.8 Å². The Morgan fingerprint density at radius 2 is 2.08 bits per heavy atom. The topological polar surface area (TPSA) is 72.7 Å². The van der Waals surface area contributed by atoms with E-state index < -0.39 is 0 Å². The Hall–Kier alpha value is -1.76. The SMILES string of the molecule is Cc1nn(CC(C)C)c(C)c1CCC(=O)Nc1nnc(C2CC2)s1. The number of hydrogen-bond donors (Lipinski definition) is 1. The van der Waals surface area contributed by atoms with Crippen molar-refractivity contribution in [1.29, 1.82) is 0 Å². The molecule has 1 N–H and O–H groups in total. The Kier molecular flexibility index (Phi) is 4.99. The van der Waals surface area contributed by atoms with Crippen LogP contribution in [0.5, 0.6) is 0 Å². The van der Waals surface area contributed by atoms with Crippen LogP contribution in [0, 0.1) is 19.8 Å². The van der Waals surface area contributed by atoms with Gasteiger partial charge in [0.2, 0.25) is 11.0 Å². The van der Waals surface area contributed by atoms with Gasteiger partial charge in [0.1, 0.15) is 5.01 Å². The molecule has 0 unspecified atom stereocenters. The van der Waals surface area contributed by atoms with Gasteiger partial charge in [-0.15, -0.1) is 10.2 Å². The van der Waals surface area contributed by atoms with Crippen LogP contribution in [0.2, 0.25) is 0 Å². The first kappa shape index (κ1) is 17.1. The molecule has 0 atom stereocenters. The third-order valence-electron chi connectivity index (χ3n) is 4.29. The second-order valence-corrected chi connectivity index (χ2v) is 8.00. The first-order valence-electron chi connectivity index (χ1n) is 8.60. The van der Waals surface area contributed by atoms with Crippen molar-refractivity contribution in [2.75, 3.05) is 5.32 Å². The van der Waals surface area contributed by atoms with Crippen molar-refractivity contribution in [3.63, 3.8) is 0 Å². The first-order chi connectivity index (χ1) is 11.4. The number of carbonyl (C=O) groups excluding carboxylic acids is 1. The van der Waals surface area contributed by atoms with E-state index in [9.17, 15) is 4.79 Å². The number of hydrogen-bond acceptors (Lipinski definition) is 5. The Balaban J connectivity index is 1.56. The van der Waals surface area contributed by atoms with Crippen LogP contribution < -0.4 is 5.32 Å². The number of amides is 1. The zero-order valence-electron chi connectivity index (χ0n) is 14.8. The van der Waals surface area contributed by atoms with Crippen LogP contribution in [0.4, 0.5) is 5.13 Å². The summed E-state index contributed by atoms with van der Waals surface area (Å²) in [6.07, 6.45) is 3.53. The average Bonchev–Trinajstić information content (AvgIpc) is 3.20. The van der Waals surface area contributed by atoms with Crippen molar-refractivity contribution in [1.82, 2.24) is 20.0 Å². The molecule has 1 amide bonds. The fourth-order valence-electron chi connectivity index (χ4n) is 2.82. The second-order valence-electron chi connectivity index (χ2n) is 6.99. The van der Waals surface area contributed by atoms with Crippen molar-refractivity contribution in [2.24, 2.45) is 5.92 Å².